The molecule has 2 aromatic carbocycles. The fraction of sp³-hybridized carbons (Fsp3) is 0.435. The lowest BCUT2D eigenvalue weighted by atomic mass is 9.90. The predicted octanol–water partition coefficient (Wildman–Crippen LogP) is 4.21. The molecule has 2 aromatic rings. The molecule has 150 valence electrons. The van der Waals surface area contributed by atoms with Crippen LogP contribution in [0.2, 0.25) is 0 Å². The molecule has 1 unspecified atom stereocenters. The number of aryl methyl sites for hydroxylation is 2. The number of methoxy groups -OCH3 is 2. The SMILES string of the molecule is COc1ccc(C(c2cc(C)cc(C)c2)N2CCC(C(=O)O)CC2)cc1OC. The molecule has 1 aliphatic rings. The number of piperidine rings is 1. The zero-order valence-electron chi connectivity index (χ0n) is 17.1. The number of benzene rings is 2. The van der Waals surface area contributed by atoms with Gasteiger partial charge in [0.15, 0.2) is 11.5 Å². The Balaban J connectivity index is 2.01. The van der Waals surface area contributed by atoms with Crippen molar-refractivity contribution in [2.75, 3.05) is 27.3 Å². The maximum Gasteiger partial charge on any atom is 0.306 e. The Bertz CT molecular complexity index is 820. The van der Waals surface area contributed by atoms with E-state index >= 15 is 0 Å². The van der Waals surface area contributed by atoms with E-state index in [4.69, 9.17) is 9.47 Å². The van der Waals surface area contributed by atoms with Crippen molar-refractivity contribution in [3.63, 3.8) is 0 Å². The summed E-state index contributed by atoms with van der Waals surface area (Å²) in [6.45, 7) is 5.73. The van der Waals surface area contributed by atoms with Crippen LogP contribution in [-0.2, 0) is 4.79 Å². The molecule has 1 heterocycles. The number of aliphatic carboxylic acids is 1. The largest absolute Gasteiger partial charge is 0.493 e. The maximum atomic E-state index is 11.4. The monoisotopic (exact) mass is 383 g/mol. The number of carboxylic acids is 1. The van der Waals surface area contributed by atoms with Gasteiger partial charge < -0.3 is 14.6 Å². The summed E-state index contributed by atoms with van der Waals surface area (Å²) in [4.78, 5) is 13.7. The molecule has 1 N–H and O–H groups in total. The van der Waals surface area contributed by atoms with Gasteiger partial charge in [-0.15, -0.1) is 0 Å². The zero-order chi connectivity index (χ0) is 20.3. The molecule has 1 atom stereocenters. The standard InChI is InChI=1S/C23H29NO4/c1-15-11-16(2)13-19(12-15)22(24-9-7-17(8-10-24)23(25)26)18-5-6-20(27-3)21(14-18)28-4/h5-6,11-14,17,22H,7-10H2,1-4H3,(H,25,26). The number of carboxylic acid groups (broad SMARTS) is 1. The average Bonchev–Trinajstić information content (AvgIpc) is 2.67. The van der Waals surface area contributed by atoms with Crippen molar-refractivity contribution in [1.82, 2.24) is 4.90 Å². The van der Waals surface area contributed by atoms with Crippen molar-refractivity contribution in [3.8, 4) is 11.5 Å². The van der Waals surface area contributed by atoms with E-state index in [1.54, 1.807) is 14.2 Å². The molecule has 0 saturated carbocycles. The molecule has 0 bridgehead atoms. The van der Waals surface area contributed by atoms with Gasteiger partial charge in [-0.05, 0) is 63.0 Å². The van der Waals surface area contributed by atoms with Crippen molar-refractivity contribution in [2.45, 2.75) is 32.7 Å². The second kappa shape index (κ2) is 8.65. The molecule has 1 fully saturated rings. The van der Waals surface area contributed by atoms with Gasteiger partial charge in [-0.25, -0.2) is 0 Å². The number of likely N-dealkylation sites (tertiary alicyclic amines) is 1. The molecule has 5 heteroatoms. The Kier molecular flexibility index (Phi) is 6.25. The summed E-state index contributed by atoms with van der Waals surface area (Å²) in [5, 5.41) is 9.35. The van der Waals surface area contributed by atoms with Crippen molar-refractivity contribution in [3.05, 3.63) is 58.7 Å². The summed E-state index contributed by atoms with van der Waals surface area (Å²) in [6.07, 6.45) is 1.34. The highest BCUT2D eigenvalue weighted by Crippen LogP contribution is 2.37. The third-order valence-corrected chi connectivity index (χ3v) is 5.53. The maximum absolute atomic E-state index is 11.4. The van der Waals surface area contributed by atoms with Crippen LogP contribution >= 0.6 is 0 Å². The minimum Gasteiger partial charge on any atom is -0.493 e. The molecular formula is C23H29NO4. The van der Waals surface area contributed by atoms with Gasteiger partial charge in [-0.1, -0.05) is 35.4 Å². The number of hydrogen-bond donors (Lipinski definition) is 1. The fourth-order valence-electron chi connectivity index (χ4n) is 4.21. The van der Waals surface area contributed by atoms with E-state index in [2.05, 4.69) is 43.0 Å². The van der Waals surface area contributed by atoms with Gasteiger partial charge in [0.2, 0.25) is 0 Å². The van der Waals surface area contributed by atoms with Crippen LogP contribution in [0.15, 0.2) is 36.4 Å². The van der Waals surface area contributed by atoms with Crippen LogP contribution in [0.5, 0.6) is 11.5 Å². The summed E-state index contributed by atoms with van der Waals surface area (Å²) in [6, 6.07) is 12.7. The quantitative estimate of drug-likeness (QED) is 0.810. The zero-order valence-corrected chi connectivity index (χ0v) is 17.1. The van der Waals surface area contributed by atoms with Gasteiger partial charge in [-0.3, -0.25) is 9.69 Å². The van der Waals surface area contributed by atoms with Crippen molar-refractivity contribution < 1.29 is 19.4 Å². The van der Waals surface area contributed by atoms with E-state index in [1.807, 2.05) is 12.1 Å². The van der Waals surface area contributed by atoms with Crippen LogP contribution in [0.4, 0.5) is 0 Å². The minimum atomic E-state index is -0.686. The van der Waals surface area contributed by atoms with Crippen molar-refractivity contribution >= 4 is 5.97 Å². The molecule has 1 aliphatic heterocycles. The van der Waals surface area contributed by atoms with E-state index < -0.39 is 5.97 Å². The van der Waals surface area contributed by atoms with E-state index in [1.165, 1.54) is 16.7 Å². The predicted molar refractivity (Wildman–Crippen MR) is 109 cm³/mol. The molecule has 5 nitrogen and oxygen atoms in total. The molecule has 3 rings (SSSR count). The van der Waals surface area contributed by atoms with Crippen LogP contribution in [0, 0.1) is 19.8 Å². The molecular weight excluding hydrogens is 354 g/mol. The molecule has 28 heavy (non-hydrogen) atoms. The topological polar surface area (TPSA) is 59.0 Å². The number of rotatable bonds is 6. The molecule has 0 amide bonds. The Labute approximate surface area is 166 Å². The van der Waals surface area contributed by atoms with Gasteiger partial charge in [-0.2, -0.15) is 0 Å². The number of nitrogens with zero attached hydrogens (tertiary/aromatic N) is 1. The first kappa shape index (κ1) is 20.2. The summed E-state index contributed by atoms with van der Waals surface area (Å²) in [7, 11) is 3.28. The van der Waals surface area contributed by atoms with Crippen LogP contribution in [-0.4, -0.2) is 43.3 Å². The van der Waals surface area contributed by atoms with E-state index in [0.29, 0.717) is 24.3 Å². The van der Waals surface area contributed by atoms with Gasteiger partial charge in [0, 0.05) is 0 Å². The molecule has 0 aromatic heterocycles. The minimum absolute atomic E-state index is 0.0492. The summed E-state index contributed by atoms with van der Waals surface area (Å²) in [5.41, 5.74) is 4.79. The van der Waals surface area contributed by atoms with E-state index in [-0.39, 0.29) is 12.0 Å². The highest BCUT2D eigenvalue weighted by Gasteiger charge is 2.30. The molecule has 0 aliphatic carbocycles. The van der Waals surface area contributed by atoms with Gasteiger partial charge in [0.25, 0.3) is 0 Å². The Morgan fingerprint density at radius 1 is 0.964 bits per heavy atom. The van der Waals surface area contributed by atoms with Crippen molar-refractivity contribution in [1.29, 1.82) is 0 Å². The van der Waals surface area contributed by atoms with Crippen LogP contribution < -0.4 is 9.47 Å². The third-order valence-electron chi connectivity index (χ3n) is 5.53. The van der Waals surface area contributed by atoms with Crippen LogP contribution in [0.1, 0.15) is 41.1 Å². The Morgan fingerprint density at radius 3 is 2.11 bits per heavy atom. The third kappa shape index (κ3) is 4.30. The fourth-order valence-corrected chi connectivity index (χ4v) is 4.21. The normalized spacial score (nSPS) is 16.6. The second-order valence-electron chi connectivity index (χ2n) is 7.59. The summed E-state index contributed by atoms with van der Waals surface area (Å²) < 4.78 is 10.9. The van der Waals surface area contributed by atoms with Crippen LogP contribution in [0.25, 0.3) is 0 Å². The van der Waals surface area contributed by atoms with E-state index in [0.717, 1.165) is 18.7 Å². The van der Waals surface area contributed by atoms with Gasteiger partial charge in [0.05, 0.1) is 26.2 Å². The first-order valence-electron chi connectivity index (χ1n) is 9.70. The number of ether oxygens (including phenoxy) is 2. The molecule has 1 saturated heterocycles. The van der Waals surface area contributed by atoms with Gasteiger partial charge in [0.1, 0.15) is 0 Å². The average molecular weight is 383 g/mol. The highest BCUT2D eigenvalue weighted by molar-refractivity contribution is 5.70. The first-order valence-corrected chi connectivity index (χ1v) is 9.70. The first-order chi connectivity index (χ1) is 13.4. The van der Waals surface area contributed by atoms with Crippen molar-refractivity contribution in [2.24, 2.45) is 5.92 Å². The molecule has 0 radical (unpaired) electrons. The lowest BCUT2D eigenvalue weighted by molar-refractivity contribution is -0.143. The molecule has 0 spiro atoms. The van der Waals surface area contributed by atoms with Crippen LogP contribution in [0.3, 0.4) is 0 Å². The lowest BCUT2D eigenvalue weighted by Gasteiger charge is -2.37. The summed E-state index contributed by atoms with van der Waals surface area (Å²) >= 11 is 0. The number of carbonyl (C=O) groups is 1. The number of hydrogen-bond acceptors (Lipinski definition) is 4. The Morgan fingerprint density at radius 2 is 1.57 bits per heavy atom. The second-order valence-corrected chi connectivity index (χ2v) is 7.59. The lowest BCUT2D eigenvalue weighted by Crippen LogP contribution is -2.39. The summed E-state index contributed by atoms with van der Waals surface area (Å²) in [5.74, 6) is 0.472. The highest BCUT2D eigenvalue weighted by atomic mass is 16.5. The smallest absolute Gasteiger partial charge is 0.306 e. The Hall–Kier alpha value is -2.53. The van der Waals surface area contributed by atoms with Gasteiger partial charge >= 0.3 is 5.97 Å². The van der Waals surface area contributed by atoms with E-state index in [9.17, 15) is 9.90 Å².